The minimum Gasteiger partial charge on any atom is -0.466 e. The Morgan fingerprint density at radius 1 is 1.06 bits per heavy atom. The van der Waals surface area contributed by atoms with Crippen molar-refractivity contribution in [1.29, 1.82) is 5.26 Å². The Kier molecular flexibility index (Phi) is 7.06. The molecule has 0 spiro atoms. The highest BCUT2D eigenvalue weighted by Crippen LogP contribution is 2.45. The van der Waals surface area contributed by atoms with Crippen LogP contribution in [0.15, 0.2) is 74.1 Å². The summed E-state index contributed by atoms with van der Waals surface area (Å²) in [5, 5.41) is 10.1. The Bertz CT molecular complexity index is 1200. The molecule has 0 aromatic heterocycles. The van der Waals surface area contributed by atoms with Gasteiger partial charge >= 0.3 is 11.9 Å². The first kappa shape index (κ1) is 23.6. The second-order valence-electron chi connectivity index (χ2n) is 6.84. The lowest BCUT2D eigenvalue weighted by molar-refractivity contribution is -0.139. The maximum Gasteiger partial charge on any atom is 0.355 e. The van der Waals surface area contributed by atoms with E-state index in [1.807, 2.05) is 13.0 Å². The van der Waals surface area contributed by atoms with Gasteiger partial charge in [0, 0.05) is 8.95 Å². The number of nitriles is 1. The van der Waals surface area contributed by atoms with Crippen LogP contribution in [0.5, 0.6) is 0 Å². The number of nitrogens with zero attached hydrogens (tertiary/aromatic N) is 2. The summed E-state index contributed by atoms with van der Waals surface area (Å²) in [6.45, 7) is 1.86. The summed E-state index contributed by atoms with van der Waals surface area (Å²) in [5.41, 5.74) is 8.35. The number of halogens is 2. The average molecular weight is 561 g/mol. The number of ether oxygens (including phenoxy) is 2. The van der Waals surface area contributed by atoms with Gasteiger partial charge in [-0.1, -0.05) is 46.3 Å². The quantitative estimate of drug-likeness (QED) is 0.552. The van der Waals surface area contributed by atoms with Gasteiger partial charge in [0.05, 0.1) is 43.0 Å². The number of esters is 2. The summed E-state index contributed by atoms with van der Waals surface area (Å²) in [4.78, 5) is 27.4. The van der Waals surface area contributed by atoms with Crippen LogP contribution in [0.1, 0.15) is 17.0 Å². The van der Waals surface area contributed by atoms with Crippen LogP contribution in [0.25, 0.3) is 0 Å². The number of carbonyl (C=O) groups is 2. The van der Waals surface area contributed by atoms with Gasteiger partial charge in [0.2, 0.25) is 0 Å². The SMILES string of the molecule is COC(=O)C1=C(C(=O)OC)N(c2ccc(Br)c(C)c2Br)C(N)=C(C#N)C1c1ccccc1. The lowest BCUT2D eigenvalue weighted by atomic mass is 9.81. The Balaban J connectivity index is 2.46. The molecule has 2 N–H and O–H groups in total. The minimum absolute atomic E-state index is 0.0110. The molecule has 0 saturated carbocycles. The highest BCUT2D eigenvalue weighted by molar-refractivity contribution is 9.11. The normalized spacial score (nSPS) is 16.0. The zero-order chi connectivity index (χ0) is 23.6. The first-order chi connectivity index (χ1) is 15.3. The molecule has 0 saturated heterocycles. The van der Waals surface area contributed by atoms with E-state index in [1.54, 1.807) is 36.4 Å². The van der Waals surface area contributed by atoms with Crippen molar-refractivity contribution in [2.45, 2.75) is 12.8 Å². The smallest absolute Gasteiger partial charge is 0.355 e. The van der Waals surface area contributed by atoms with Crippen molar-refractivity contribution in [1.82, 2.24) is 0 Å². The van der Waals surface area contributed by atoms with Crippen molar-refractivity contribution in [3.8, 4) is 6.07 Å². The number of rotatable bonds is 4. The Morgan fingerprint density at radius 3 is 2.25 bits per heavy atom. The molecular formula is C23H19Br2N3O4. The molecule has 1 aliphatic heterocycles. The number of anilines is 1. The van der Waals surface area contributed by atoms with Gasteiger partial charge in [0.15, 0.2) is 0 Å². The molecule has 1 aliphatic rings. The van der Waals surface area contributed by atoms with Gasteiger partial charge < -0.3 is 15.2 Å². The number of hydrogen-bond donors (Lipinski definition) is 1. The van der Waals surface area contributed by atoms with Crippen LogP contribution in [0.4, 0.5) is 5.69 Å². The van der Waals surface area contributed by atoms with Gasteiger partial charge in [-0.15, -0.1) is 0 Å². The molecule has 3 rings (SSSR count). The number of carbonyl (C=O) groups excluding carboxylic acids is 2. The minimum atomic E-state index is -0.908. The van der Waals surface area contributed by atoms with Crippen LogP contribution in [0.2, 0.25) is 0 Å². The zero-order valence-electron chi connectivity index (χ0n) is 17.5. The summed E-state index contributed by atoms with van der Waals surface area (Å²) in [6, 6.07) is 14.5. The zero-order valence-corrected chi connectivity index (χ0v) is 20.7. The number of nitrogens with two attached hydrogens (primary N) is 1. The van der Waals surface area contributed by atoms with Crippen molar-refractivity contribution in [3.63, 3.8) is 0 Å². The lowest BCUT2D eigenvalue weighted by Crippen LogP contribution is -2.41. The lowest BCUT2D eigenvalue weighted by Gasteiger charge is -2.36. The van der Waals surface area contributed by atoms with Gasteiger partial charge in [0.1, 0.15) is 11.5 Å². The number of benzene rings is 2. The Labute approximate surface area is 202 Å². The molecule has 0 aliphatic carbocycles. The maximum absolute atomic E-state index is 13.0. The average Bonchev–Trinajstić information content (AvgIpc) is 2.81. The maximum atomic E-state index is 13.0. The molecule has 2 aromatic rings. The first-order valence-electron chi connectivity index (χ1n) is 9.38. The third-order valence-electron chi connectivity index (χ3n) is 5.15. The van der Waals surface area contributed by atoms with Crippen molar-refractivity contribution in [3.05, 3.63) is 85.2 Å². The van der Waals surface area contributed by atoms with Crippen LogP contribution < -0.4 is 10.6 Å². The summed E-state index contributed by atoms with van der Waals surface area (Å²) in [6.07, 6.45) is 0. The molecule has 1 heterocycles. The van der Waals surface area contributed by atoms with Crippen molar-refractivity contribution < 1.29 is 19.1 Å². The van der Waals surface area contributed by atoms with E-state index in [-0.39, 0.29) is 22.7 Å². The predicted octanol–water partition coefficient (Wildman–Crippen LogP) is 4.42. The molecule has 32 heavy (non-hydrogen) atoms. The molecule has 1 atom stereocenters. The fourth-order valence-electron chi connectivity index (χ4n) is 3.58. The summed E-state index contributed by atoms with van der Waals surface area (Å²) in [5.74, 6) is -2.46. The Hall–Kier alpha value is -3.09. The van der Waals surface area contributed by atoms with Crippen LogP contribution >= 0.6 is 31.9 Å². The third kappa shape index (κ3) is 3.92. The molecule has 0 bridgehead atoms. The second-order valence-corrected chi connectivity index (χ2v) is 8.49. The molecule has 0 radical (unpaired) electrons. The van der Waals surface area contributed by atoms with Crippen molar-refractivity contribution in [2.24, 2.45) is 5.73 Å². The van der Waals surface area contributed by atoms with E-state index in [2.05, 4.69) is 37.9 Å². The summed E-state index contributed by atoms with van der Waals surface area (Å²) < 4.78 is 11.5. The van der Waals surface area contributed by atoms with Crippen LogP contribution in [0.3, 0.4) is 0 Å². The molecule has 7 nitrogen and oxygen atoms in total. The van der Waals surface area contributed by atoms with E-state index < -0.39 is 17.9 Å². The monoisotopic (exact) mass is 559 g/mol. The van der Waals surface area contributed by atoms with Gasteiger partial charge in [-0.2, -0.15) is 5.26 Å². The van der Waals surface area contributed by atoms with E-state index in [4.69, 9.17) is 15.2 Å². The largest absolute Gasteiger partial charge is 0.466 e. The van der Waals surface area contributed by atoms with E-state index in [0.717, 1.165) is 10.0 Å². The third-order valence-corrected chi connectivity index (χ3v) is 7.01. The summed E-state index contributed by atoms with van der Waals surface area (Å²) >= 11 is 7.01. The number of methoxy groups -OCH3 is 2. The summed E-state index contributed by atoms with van der Waals surface area (Å²) in [7, 11) is 2.42. The van der Waals surface area contributed by atoms with E-state index in [9.17, 15) is 14.9 Å². The van der Waals surface area contributed by atoms with Crippen molar-refractivity contribution in [2.75, 3.05) is 19.1 Å². The van der Waals surface area contributed by atoms with Gasteiger partial charge in [0.25, 0.3) is 0 Å². The highest BCUT2D eigenvalue weighted by atomic mass is 79.9. The molecule has 1 unspecified atom stereocenters. The van der Waals surface area contributed by atoms with Crippen LogP contribution in [0, 0.1) is 18.3 Å². The molecule has 0 fully saturated rings. The molecular weight excluding hydrogens is 542 g/mol. The molecule has 0 amide bonds. The van der Waals surface area contributed by atoms with Crippen LogP contribution in [-0.2, 0) is 19.1 Å². The standard InChI is InChI=1S/C23H19Br2N3O4/c1-12-15(24)9-10-16(19(12)25)28-20(23(30)32-3)18(22(29)31-2)17(14(11-26)21(28)27)13-7-5-4-6-8-13/h4-10,17H,27H2,1-3H3. The molecule has 2 aromatic carbocycles. The molecule has 9 heteroatoms. The first-order valence-corrected chi connectivity index (χ1v) is 11.0. The fourth-order valence-corrected chi connectivity index (χ4v) is 4.70. The van der Waals surface area contributed by atoms with E-state index >= 15 is 0 Å². The Morgan fingerprint density at radius 2 is 1.69 bits per heavy atom. The van der Waals surface area contributed by atoms with Gasteiger partial charge in [-0.05, 0) is 46.1 Å². The number of hydrogen-bond acceptors (Lipinski definition) is 7. The topological polar surface area (TPSA) is 106 Å². The van der Waals surface area contributed by atoms with Crippen molar-refractivity contribution >= 4 is 49.5 Å². The van der Waals surface area contributed by atoms with Crippen LogP contribution in [-0.4, -0.2) is 26.2 Å². The number of allylic oxidation sites excluding steroid dienone is 1. The molecule has 164 valence electrons. The second kappa shape index (κ2) is 9.59. The van der Waals surface area contributed by atoms with Gasteiger partial charge in [-0.25, -0.2) is 9.59 Å². The highest BCUT2D eigenvalue weighted by Gasteiger charge is 2.43. The van der Waals surface area contributed by atoms with Gasteiger partial charge in [-0.3, -0.25) is 4.90 Å². The fraction of sp³-hybridized carbons (Fsp3) is 0.174. The van der Waals surface area contributed by atoms with E-state index in [0.29, 0.717) is 15.7 Å². The predicted molar refractivity (Wildman–Crippen MR) is 126 cm³/mol. The van der Waals surface area contributed by atoms with E-state index in [1.165, 1.54) is 19.1 Å².